The number of halogens is 3. The quantitative estimate of drug-likeness (QED) is 0.693. The zero-order chi connectivity index (χ0) is 20.0. The second kappa shape index (κ2) is 9.98. The Morgan fingerprint density at radius 1 is 1.07 bits per heavy atom. The summed E-state index contributed by atoms with van der Waals surface area (Å²) in [5, 5.41) is 4.16. The minimum absolute atomic E-state index is 0.00280. The van der Waals surface area contributed by atoms with Crippen molar-refractivity contribution in [2.24, 2.45) is 0 Å². The molecule has 144 valence electrons. The Balaban J connectivity index is 2.30. The lowest BCUT2D eigenvalue weighted by Crippen LogP contribution is -2.48. The third-order valence-electron chi connectivity index (χ3n) is 4.15. The van der Waals surface area contributed by atoms with Crippen LogP contribution < -0.4 is 5.32 Å². The first-order chi connectivity index (χ1) is 12.8. The van der Waals surface area contributed by atoms with E-state index in [2.05, 4.69) is 5.32 Å². The van der Waals surface area contributed by atoms with Crippen molar-refractivity contribution in [3.8, 4) is 0 Å². The van der Waals surface area contributed by atoms with Crippen LogP contribution in [0.15, 0.2) is 42.5 Å². The van der Waals surface area contributed by atoms with Crippen molar-refractivity contribution >= 4 is 46.6 Å². The van der Waals surface area contributed by atoms with Crippen LogP contribution in [0.2, 0.25) is 15.1 Å². The van der Waals surface area contributed by atoms with E-state index in [0.717, 1.165) is 5.56 Å². The number of benzene rings is 2. The molecule has 0 saturated carbocycles. The highest BCUT2D eigenvalue weighted by molar-refractivity contribution is 6.36. The van der Waals surface area contributed by atoms with Crippen LogP contribution in [0.3, 0.4) is 0 Å². The second-order valence-corrected chi connectivity index (χ2v) is 7.35. The molecule has 0 saturated heterocycles. The highest BCUT2D eigenvalue weighted by atomic mass is 35.5. The predicted molar refractivity (Wildman–Crippen MR) is 110 cm³/mol. The maximum absolute atomic E-state index is 13.1. The predicted octanol–water partition coefficient (Wildman–Crippen LogP) is 4.74. The molecule has 1 atom stereocenters. The number of carbonyl (C=O) groups excluding carboxylic acids is 2. The van der Waals surface area contributed by atoms with E-state index in [1.807, 2.05) is 19.1 Å². The SMILES string of the molecule is CCNC(=O)[C@@H](C)N(Cc1cccc(Cl)c1)C(=O)Cc1c(Cl)cccc1Cl. The van der Waals surface area contributed by atoms with Crippen LogP contribution >= 0.6 is 34.8 Å². The average molecular weight is 428 g/mol. The number of carbonyl (C=O) groups is 2. The summed E-state index contributed by atoms with van der Waals surface area (Å²) >= 11 is 18.5. The molecular weight excluding hydrogens is 407 g/mol. The molecule has 0 unspecified atom stereocenters. The van der Waals surface area contributed by atoms with Gasteiger partial charge in [-0.05, 0) is 49.2 Å². The molecule has 2 rings (SSSR count). The molecule has 0 fully saturated rings. The molecule has 2 aromatic rings. The molecule has 27 heavy (non-hydrogen) atoms. The van der Waals surface area contributed by atoms with E-state index in [9.17, 15) is 9.59 Å². The first-order valence-corrected chi connectivity index (χ1v) is 9.71. The van der Waals surface area contributed by atoms with Crippen molar-refractivity contribution in [3.05, 3.63) is 68.7 Å². The van der Waals surface area contributed by atoms with Gasteiger partial charge in [0.05, 0.1) is 6.42 Å². The van der Waals surface area contributed by atoms with Gasteiger partial charge in [-0.2, -0.15) is 0 Å². The number of amides is 2. The fourth-order valence-corrected chi connectivity index (χ4v) is 3.43. The number of nitrogens with one attached hydrogen (secondary N) is 1. The number of likely N-dealkylation sites (N-methyl/N-ethyl adjacent to an activating group) is 1. The van der Waals surface area contributed by atoms with Gasteiger partial charge in [-0.25, -0.2) is 0 Å². The van der Waals surface area contributed by atoms with E-state index in [0.29, 0.717) is 27.2 Å². The van der Waals surface area contributed by atoms with E-state index >= 15 is 0 Å². The van der Waals surface area contributed by atoms with Crippen LogP contribution in [-0.2, 0) is 22.6 Å². The molecule has 0 aliphatic carbocycles. The van der Waals surface area contributed by atoms with Crippen molar-refractivity contribution < 1.29 is 9.59 Å². The van der Waals surface area contributed by atoms with Crippen LogP contribution in [0.1, 0.15) is 25.0 Å². The number of hydrogen-bond donors (Lipinski definition) is 1. The summed E-state index contributed by atoms with van der Waals surface area (Å²) in [6.45, 7) is 4.26. The van der Waals surface area contributed by atoms with Crippen molar-refractivity contribution in [3.63, 3.8) is 0 Å². The molecule has 0 aliphatic heterocycles. The molecule has 0 radical (unpaired) electrons. The molecule has 1 N–H and O–H groups in total. The van der Waals surface area contributed by atoms with Gasteiger partial charge in [-0.1, -0.05) is 53.0 Å². The first-order valence-electron chi connectivity index (χ1n) is 8.58. The van der Waals surface area contributed by atoms with Gasteiger partial charge >= 0.3 is 0 Å². The lowest BCUT2D eigenvalue weighted by Gasteiger charge is -2.29. The molecule has 4 nitrogen and oxygen atoms in total. The summed E-state index contributed by atoms with van der Waals surface area (Å²) in [6, 6.07) is 11.6. The van der Waals surface area contributed by atoms with E-state index < -0.39 is 6.04 Å². The molecule has 0 heterocycles. The Morgan fingerprint density at radius 2 is 1.70 bits per heavy atom. The van der Waals surface area contributed by atoms with Gasteiger partial charge in [0.1, 0.15) is 6.04 Å². The Kier molecular flexibility index (Phi) is 7.96. The highest BCUT2D eigenvalue weighted by Crippen LogP contribution is 2.26. The molecule has 7 heteroatoms. The van der Waals surface area contributed by atoms with Crippen LogP contribution in [-0.4, -0.2) is 29.3 Å². The Hall–Kier alpha value is -1.75. The van der Waals surface area contributed by atoms with E-state index in [-0.39, 0.29) is 24.8 Å². The summed E-state index contributed by atoms with van der Waals surface area (Å²) in [6.07, 6.45) is 0.00280. The summed E-state index contributed by atoms with van der Waals surface area (Å²) in [5.41, 5.74) is 1.38. The van der Waals surface area contributed by atoms with E-state index in [4.69, 9.17) is 34.8 Å². The van der Waals surface area contributed by atoms with Gasteiger partial charge in [0.15, 0.2) is 0 Å². The molecular formula is C20H21Cl3N2O2. The zero-order valence-electron chi connectivity index (χ0n) is 15.1. The van der Waals surface area contributed by atoms with Crippen molar-refractivity contribution in [2.75, 3.05) is 6.54 Å². The van der Waals surface area contributed by atoms with E-state index in [1.165, 1.54) is 4.90 Å². The largest absolute Gasteiger partial charge is 0.355 e. The van der Waals surface area contributed by atoms with Crippen molar-refractivity contribution in [1.29, 1.82) is 0 Å². The van der Waals surface area contributed by atoms with Gasteiger partial charge in [-0.15, -0.1) is 0 Å². The smallest absolute Gasteiger partial charge is 0.242 e. The summed E-state index contributed by atoms with van der Waals surface area (Å²) in [4.78, 5) is 26.9. The Bertz CT molecular complexity index is 806. The standard InChI is InChI=1S/C20H21Cl3N2O2/c1-3-24-20(27)13(2)25(12-14-6-4-7-15(21)10-14)19(26)11-16-17(22)8-5-9-18(16)23/h4-10,13H,3,11-12H2,1-2H3,(H,24,27)/t13-/m1/s1. The first kappa shape index (κ1) is 21.5. The maximum atomic E-state index is 13.1. The van der Waals surface area contributed by atoms with Gasteiger partial charge in [0.25, 0.3) is 0 Å². The third kappa shape index (κ3) is 5.86. The summed E-state index contributed by atoms with van der Waals surface area (Å²) in [7, 11) is 0. The fourth-order valence-electron chi connectivity index (χ4n) is 2.69. The average Bonchev–Trinajstić information content (AvgIpc) is 2.62. The van der Waals surface area contributed by atoms with Crippen molar-refractivity contribution in [2.45, 2.75) is 32.9 Å². The van der Waals surface area contributed by atoms with Crippen molar-refractivity contribution in [1.82, 2.24) is 10.2 Å². The minimum atomic E-state index is -0.655. The molecule has 0 aromatic heterocycles. The Morgan fingerprint density at radius 3 is 2.30 bits per heavy atom. The number of hydrogen-bond acceptors (Lipinski definition) is 2. The van der Waals surface area contributed by atoms with E-state index in [1.54, 1.807) is 37.3 Å². The van der Waals surface area contributed by atoms with Gasteiger partial charge in [-0.3, -0.25) is 9.59 Å². The monoisotopic (exact) mass is 426 g/mol. The van der Waals surface area contributed by atoms with Crippen LogP contribution in [0.4, 0.5) is 0 Å². The van der Waals surface area contributed by atoms with Crippen LogP contribution in [0.5, 0.6) is 0 Å². The lowest BCUT2D eigenvalue weighted by atomic mass is 10.1. The number of rotatable bonds is 7. The minimum Gasteiger partial charge on any atom is -0.355 e. The topological polar surface area (TPSA) is 49.4 Å². The summed E-state index contributed by atoms with van der Waals surface area (Å²) in [5.74, 6) is -0.470. The number of nitrogens with zero attached hydrogens (tertiary/aromatic N) is 1. The van der Waals surface area contributed by atoms with Crippen LogP contribution in [0, 0.1) is 0 Å². The third-order valence-corrected chi connectivity index (χ3v) is 5.09. The molecule has 2 aromatic carbocycles. The lowest BCUT2D eigenvalue weighted by molar-refractivity contribution is -0.140. The maximum Gasteiger partial charge on any atom is 0.242 e. The second-order valence-electron chi connectivity index (χ2n) is 6.10. The fraction of sp³-hybridized carbons (Fsp3) is 0.300. The van der Waals surface area contributed by atoms with Crippen LogP contribution in [0.25, 0.3) is 0 Å². The molecule has 0 bridgehead atoms. The highest BCUT2D eigenvalue weighted by Gasteiger charge is 2.27. The van der Waals surface area contributed by atoms with Gasteiger partial charge < -0.3 is 10.2 Å². The molecule has 0 aliphatic rings. The molecule has 2 amide bonds. The zero-order valence-corrected chi connectivity index (χ0v) is 17.4. The Labute approximate surface area is 174 Å². The van der Waals surface area contributed by atoms with Gasteiger partial charge in [0.2, 0.25) is 11.8 Å². The van der Waals surface area contributed by atoms with Gasteiger partial charge in [0, 0.05) is 28.2 Å². The normalized spacial score (nSPS) is 11.7. The molecule has 0 spiro atoms. The summed E-state index contributed by atoms with van der Waals surface area (Å²) < 4.78 is 0.